The topological polar surface area (TPSA) is 59.8 Å². The molecule has 1 aromatic carbocycles. The van der Waals surface area contributed by atoms with Gasteiger partial charge in [-0.1, -0.05) is 6.07 Å². The predicted molar refractivity (Wildman–Crippen MR) is 99.1 cm³/mol. The second-order valence-electron chi connectivity index (χ2n) is 7.39. The Balaban J connectivity index is 1.95. The fourth-order valence-electron chi connectivity index (χ4n) is 4.52. The molecule has 6 heteroatoms. The van der Waals surface area contributed by atoms with Gasteiger partial charge >= 0.3 is 5.97 Å². The number of aryl methyl sites for hydroxylation is 1. The van der Waals surface area contributed by atoms with Crippen molar-refractivity contribution in [3.8, 4) is 0 Å². The Hall–Kier alpha value is -2.39. The molecule has 3 rings (SSSR count). The van der Waals surface area contributed by atoms with Crippen molar-refractivity contribution in [1.82, 2.24) is 0 Å². The summed E-state index contributed by atoms with van der Waals surface area (Å²) >= 11 is 0. The molecule has 0 unspecified atom stereocenters. The molecule has 0 bridgehead atoms. The molecule has 26 heavy (non-hydrogen) atoms. The van der Waals surface area contributed by atoms with E-state index >= 15 is 0 Å². The van der Waals surface area contributed by atoms with E-state index in [0.717, 1.165) is 49.8 Å². The molecule has 1 N–H and O–H groups in total. The lowest BCUT2D eigenvalue weighted by Crippen LogP contribution is -2.60. The minimum Gasteiger partial charge on any atom is -0.465 e. The van der Waals surface area contributed by atoms with Crippen molar-refractivity contribution in [3.63, 3.8) is 0 Å². The molecule has 1 aromatic rings. The summed E-state index contributed by atoms with van der Waals surface area (Å²) in [6, 6.07) is 3.18. The number of rotatable bonds is 5. The lowest BCUT2D eigenvalue weighted by atomic mass is 10.0. The average molecular weight is 356 g/mol. The fraction of sp³-hybridized carbons (Fsp3) is 0.550. The molecular formula is C20H26N3O3+. The van der Waals surface area contributed by atoms with Gasteiger partial charge in [0.15, 0.2) is 11.2 Å². The van der Waals surface area contributed by atoms with Crippen LogP contribution >= 0.6 is 0 Å². The molecule has 0 radical (unpaired) electrons. The van der Waals surface area contributed by atoms with E-state index in [2.05, 4.69) is 17.1 Å². The third-order valence-electron chi connectivity index (χ3n) is 6.18. The fourth-order valence-corrected chi connectivity index (χ4v) is 4.52. The Morgan fingerprint density at radius 3 is 2.46 bits per heavy atom. The van der Waals surface area contributed by atoms with Crippen LogP contribution in [0.4, 0.5) is 11.4 Å². The van der Waals surface area contributed by atoms with Crippen LogP contribution in [0.25, 0.3) is 4.85 Å². The molecule has 1 heterocycles. The molecule has 0 aromatic heterocycles. The van der Waals surface area contributed by atoms with Crippen molar-refractivity contribution in [2.75, 3.05) is 32.1 Å². The number of likely N-dealkylation sites (N-methyl/N-ethyl adjacent to an activating group) is 1. The number of amides is 1. The number of nitrogens with zero attached hydrogens (tertiary/aromatic N) is 2. The van der Waals surface area contributed by atoms with Crippen LogP contribution < -0.4 is 5.32 Å². The summed E-state index contributed by atoms with van der Waals surface area (Å²) in [7, 11) is 1.30. The molecule has 1 aliphatic heterocycles. The number of methoxy groups -OCH3 is 1. The Bertz CT molecular complexity index is 784. The lowest BCUT2D eigenvalue weighted by Gasteiger charge is -2.40. The van der Waals surface area contributed by atoms with Gasteiger partial charge in [0.25, 0.3) is 5.91 Å². The van der Waals surface area contributed by atoms with Gasteiger partial charge in [-0.3, -0.25) is 4.79 Å². The number of hydrogen-bond acceptors (Lipinski definition) is 3. The third kappa shape index (κ3) is 2.77. The van der Waals surface area contributed by atoms with Crippen molar-refractivity contribution in [2.24, 2.45) is 0 Å². The first-order chi connectivity index (χ1) is 12.4. The van der Waals surface area contributed by atoms with E-state index in [4.69, 9.17) is 11.3 Å². The minimum atomic E-state index is -0.542. The molecule has 138 valence electrons. The molecule has 1 saturated carbocycles. The Morgan fingerprint density at radius 1 is 1.31 bits per heavy atom. The predicted octanol–water partition coefficient (Wildman–Crippen LogP) is 3.43. The molecule has 1 saturated heterocycles. The summed E-state index contributed by atoms with van der Waals surface area (Å²) in [4.78, 5) is 28.9. The zero-order valence-electron chi connectivity index (χ0n) is 15.7. The normalized spacial score (nSPS) is 19.5. The zero-order valence-corrected chi connectivity index (χ0v) is 15.7. The third-order valence-corrected chi connectivity index (χ3v) is 6.18. The Morgan fingerprint density at radius 2 is 1.96 bits per heavy atom. The summed E-state index contributed by atoms with van der Waals surface area (Å²) in [5.41, 5.74) is 1.40. The van der Waals surface area contributed by atoms with E-state index in [9.17, 15) is 9.59 Å². The zero-order chi connectivity index (χ0) is 18.9. The van der Waals surface area contributed by atoms with Crippen LogP contribution in [0.15, 0.2) is 12.1 Å². The largest absolute Gasteiger partial charge is 0.465 e. The number of esters is 1. The monoisotopic (exact) mass is 356 g/mol. The Labute approximate surface area is 154 Å². The van der Waals surface area contributed by atoms with Gasteiger partial charge in [-0.2, -0.15) is 0 Å². The summed E-state index contributed by atoms with van der Waals surface area (Å²) in [6.45, 7) is 14.2. The molecule has 0 atom stereocenters. The van der Waals surface area contributed by atoms with Gasteiger partial charge in [0, 0.05) is 25.7 Å². The standard InChI is InChI=1S/C20H25N3O3/c1-5-23(10-6-7-11-23)20(8-9-20)19(25)22-17-14(2)12-15(21-3)13-16(17)18(24)26-4/h12-13H,5-11H2,1-2,4H3/p+1. The first-order valence-electron chi connectivity index (χ1n) is 9.21. The van der Waals surface area contributed by atoms with Crippen molar-refractivity contribution in [2.45, 2.75) is 45.1 Å². The number of hydrogen-bond donors (Lipinski definition) is 1. The molecule has 2 aliphatic rings. The quantitative estimate of drug-likeness (QED) is 0.499. The Kier molecular flexibility index (Phi) is 4.76. The molecule has 2 fully saturated rings. The first kappa shape index (κ1) is 18.4. The maximum atomic E-state index is 13.3. The maximum absolute atomic E-state index is 13.3. The highest BCUT2D eigenvalue weighted by Crippen LogP contribution is 2.50. The summed E-state index contributed by atoms with van der Waals surface area (Å²) in [5, 5.41) is 3.03. The van der Waals surface area contributed by atoms with Crippen LogP contribution in [0.2, 0.25) is 0 Å². The highest BCUT2D eigenvalue weighted by atomic mass is 16.5. The maximum Gasteiger partial charge on any atom is 0.338 e. The van der Waals surface area contributed by atoms with Crippen molar-refractivity contribution < 1.29 is 18.8 Å². The van der Waals surface area contributed by atoms with E-state index in [0.29, 0.717) is 16.9 Å². The smallest absolute Gasteiger partial charge is 0.338 e. The highest BCUT2D eigenvalue weighted by molar-refractivity contribution is 6.06. The van der Waals surface area contributed by atoms with Gasteiger partial charge in [-0.05, 0) is 25.5 Å². The van der Waals surface area contributed by atoms with Crippen LogP contribution in [0.5, 0.6) is 0 Å². The van der Waals surface area contributed by atoms with Gasteiger partial charge in [-0.15, -0.1) is 0 Å². The molecular weight excluding hydrogens is 330 g/mol. The van der Waals surface area contributed by atoms with E-state index in [1.165, 1.54) is 13.2 Å². The number of carbonyl (C=O) groups excluding carboxylic acids is 2. The summed E-state index contributed by atoms with van der Waals surface area (Å²) < 4.78 is 5.71. The average Bonchev–Trinajstić information content (AvgIpc) is 3.33. The number of nitrogens with one attached hydrogen (secondary N) is 1. The van der Waals surface area contributed by atoms with Gasteiger partial charge in [0.05, 0.1) is 44.6 Å². The molecule has 1 amide bonds. The second kappa shape index (κ2) is 6.73. The molecule has 6 nitrogen and oxygen atoms in total. The van der Waals surface area contributed by atoms with Crippen LogP contribution in [0.1, 0.15) is 48.5 Å². The number of benzene rings is 1. The van der Waals surface area contributed by atoms with E-state index in [1.54, 1.807) is 13.0 Å². The van der Waals surface area contributed by atoms with Gasteiger partial charge < -0.3 is 14.5 Å². The van der Waals surface area contributed by atoms with Crippen LogP contribution in [0, 0.1) is 13.5 Å². The minimum absolute atomic E-state index is 0.00920. The van der Waals surface area contributed by atoms with Gasteiger partial charge in [0.1, 0.15) is 0 Å². The van der Waals surface area contributed by atoms with Crippen LogP contribution in [0.3, 0.4) is 0 Å². The highest BCUT2D eigenvalue weighted by Gasteiger charge is 2.65. The number of quaternary nitrogens is 1. The van der Waals surface area contributed by atoms with Crippen molar-refractivity contribution >= 4 is 23.3 Å². The van der Waals surface area contributed by atoms with E-state index < -0.39 is 5.97 Å². The van der Waals surface area contributed by atoms with Gasteiger partial charge in [-0.25, -0.2) is 9.64 Å². The number of carbonyl (C=O) groups is 2. The van der Waals surface area contributed by atoms with Crippen LogP contribution in [-0.2, 0) is 9.53 Å². The number of likely N-dealkylation sites (tertiary alicyclic amines) is 1. The van der Waals surface area contributed by atoms with E-state index in [-0.39, 0.29) is 17.0 Å². The lowest BCUT2D eigenvalue weighted by molar-refractivity contribution is -0.940. The SMILES string of the molecule is [C-]#[N+]c1cc(C)c(NC(=O)C2([N+]3(CC)CCCC3)CC2)c(C(=O)OC)c1. The van der Waals surface area contributed by atoms with Crippen molar-refractivity contribution in [3.05, 3.63) is 34.7 Å². The number of anilines is 1. The summed E-state index contributed by atoms with van der Waals surface area (Å²) in [6.07, 6.45) is 4.10. The second-order valence-corrected chi connectivity index (χ2v) is 7.39. The number of ether oxygens (including phenoxy) is 1. The molecule has 0 spiro atoms. The van der Waals surface area contributed by atoms with Gasteiger partial charge in [0.2, 0.25) is 0 Å². The van der Waals surface area contributed by atoms with Crippen LogP contribution in [-0.4, -0.2) is 48.6 Å². The summed E-state index contributed by atoms with van der Waals surface area (Å²) in [5.74, 6) is -0.552. The van der Waals surface area contributed by atoms with Crippen molar-refractivity contribution in [1.29, 1.82) is 0 Å². The molecule has 1 aliphatic carbocycles. The first-order valence-corrected chi connectivity index (χ1v) is 9.21. The van der Waals surface area contributed by atoms with E-state index in [1.807, 2.05) is 0 Å².